The maximum absolute atomic E-state index is 12.1. The minimum atomic E-state index is -3.36. The Labute approximate surface area is 122 Å². The standard InChI is InChI=1S/C13H14N4O3S/c14-13(18)11-9-12(16-7-4-8-21(16,19)20)17(15-11)10-5-2-1-3-6-10/h1-3,5-6,9H,4,7-8H2,(H2,14,18). The van der Waals surface area contributed by atoms with Crippen molar-refractivity contribution in [3.63, 3.8) is 0 Å². The van der Waals surface area contributed by atoms with E-state index in [1.54, 1.807) is 12.1 Å². The molecule has 2 N–H and O–H groups in total. The molecule has 0 saturated carbocycles. The van der Waals surface area contributed by atoms with Crippen molar-refractivity contribution < 1.29 is 13.2 Å². The maximum atomic E-state index is 12.1. The molecular weight excluding hydrogens is 292 g/mol. The molecule has 1 fully saturated rings. The van der Waals surface area contributed by atoms with Crippen molar-refractivity contribution in [2.45, 2.75) is 6.42 Å². The molecule has 2 heterocycles. The van der Waals surface area contributed by atoms with E-state index in [9.17, 15) is 13.2 Å². The Kier molecular flexibility index (Phi) is 3.17. The van der Waals surface area contributed by atoms with Gasteiger partial charge in [-0.2, -0.15) is 5.10 Å². The lowest BCUT2D eigenvalue weighted by Gasteiger charge is -2.17. The lowest BCUT2D eigenvalue weighted by atomic mass is 10.3. The highest BCUT2D eigenvalue weighted by atomic mass is 32.2. The molecule has 7 nitrogen and oxygen atoms in total. The van der Waals surface area contributed by atoms with E-state index in [4.69, 9.17) is 5.73 Å². The van der Waals surface area contributed by atoms with E-state index in [0.717, 1.165) is 0 Å². The van der Waals surface area contributed by atoms with Crippen LogP contribution in [-0.2, 0) is 10.0 Å². The molecule has 1 amide bonds. The van der Waals surface area contributed by atoms with Crippen molar-refractivity contribution in [3.05, 3.63) is 42.1 Å². The van der Waals surface area contributed by atoms with Crippen LogP contribution in [0.2, 0.25) is 0 Å². The van der Waals surface area contributed by atoms with Crippen LogP contribution in [0, 0.1) is 0 Å². The highest BCUT2D eigenvalue weighted by molar-refractivity contribution is 7.93. The first-order chi connectivity index (χ1) is 9.99. The number of rotatable bonds is 3. The summed E-state index contributed by atoms with van der Waals surface area (Å²) in [6.07, 6.45) is 0.550. The van der Waals surface area contributed by atoms with Crippen LogP contribution in [-0.4, -0.2) is 36.4 Å². The quantitative estimate of drug-likeness (QED) is 0.893. The second-order valence-corrected chi connectivity index (χ2v) is 6.75. The summed E-state index contributed by atoms with van der Waals surface area (Å²) in [5.74, 6) is -0.256. The number of anilines is 1. The van der Waals surface area contributed by atoms with Gasteiger partial charge in [-0.1, -0.05) is 18.2 Å². The topological polar surface area (TPSA) is 98.3 Å². The Morgan fingerprint density at radius 2 is 1.95 bits per heavy atom. The van der Waals surface area contributed by atoms with Gasteiger partial charge in [0.25, 0.3) is 5.91 Å². The normalized spacial score (nSPS) is 17.0. The molecule has 1 aliphatic heterocycles. The highest BCUT2D eigenvalue weighted by Gasteiger charge is 2.32. The van der Waals surface area contributed by atoms with E-state index in [0.29, 0.717) is 24.5 Å². The average molecular weight is 306 g/mol. The Morgan fingerprint density at radius 3 is 2.52 bits per heavy atom. The van der Waals surface area contributed by atoms with Crippen LogP contribution in [0.5, 0.6) is 0 Å². The number of carbonyl (C=O) groups is 1. The number of carbonyl (C=O) groups excluding carboxylic acids is 1. The summed E-state index contributed by atoms with van der Waals surface area (Å²) in [5.41, 5.74) is 5.96. The molecule has 1 aromatic carbocycles. The minimum absolute atomic E-state index is 0.0379. The minimum Gasteiger partial charge on any atom is -0.364 e. The molecule has 1 saturated heterocycles. The number of benzene rings is 1. The van der Waals surface area contributed by atoms with Gasteiger partial charge in [0.15, 0.2) is 5.69 Å². The van der Waals surface area contributed by atoms with Crippen molar-refractivity contribution in [1.82, 2.24) is 9.78 Å². The number of aromatic nitrogens is 2. The van der Waals surface area contributed by atoms with E-state index in [1.165, 1.54) is 15.1 Å². The van der Waals surface area contributed by atoms with Crippen LogP contribution in [0.25, 0.3) is 5.69 Å². The van der Waals surface area contributed by atoms with Gasteiger partial charge in [-0.05, 0) is 18.6 Å². The molecule has 0 atom stereocenters. The van der Waals surface area contributed by atoms with Gasteiger partial charge >= 0.3 is 0 Å². The van der Waals surface area contributed by atoms with Gasteiger partial charge in [-0.15, -0.1) is 0 Å². The number of sulfonamides is 1. The lowest BCUT2D eigenvalue weighted by molar-refractivity contribution is 0.0995. The molecule has 110 valence electrons. The van der Waals surface area contributed by atoms with Crippen LogP contribution in [0.4, 0.5) is 5.82 Å². The molecule has 8 heteroatoms. The SMILES string of the molecule is NC(=O)c1cc(N2CCCS2(=O)=O)n(-c2ccccc2)n1. The number of hydrogen-bond donors (Lipinski definition) is 1. The van der Waals surface area contributed by atoms with Crippen molar-refractivity contribution in [2.75, 3.05) is 16.6 Å². The number of primary amides is 1. The van der Waals surface area contributed by atoms with E-state index in [1.807, 2.05) is 18.2 Å². The Morgan fingerprint density at radius 1 is 1.24 bits per heavy atom. The molecule has 1 aliphatic rings. The van der Waals surface area contributed by atoms with Crippen LogP contribution in [0.1, 0.15) is 16.9 Å². The molecule has 0 radical (unpaired) electrons. The van der Waals surface area contributed by atoms with Crippen molar-refractivity contribution in [3.8, 4) is 5.69 Å². The van der Waals surface area contributed by atoms with Gasteiger partial charge in [-0.25, -0.2) is 13.1 Å². The third-order valence-electron chi connectivity index (χ3n) is 3.30. The van der Waals surface area contributed by atoms with Crippen molar-refractivity contribution in [1.29, 1.82) is 0 Å². The van der Waals surface area contributed by atoms with Crippen LogP contribution in [0.3, 0.4) is 0 Å². The zero-order chi connectivity index (χ0) is 15.0. The zero-order valence-corrected chi connectivity index (χ0v) is 12.0. The molecule has 0 spiro atoms. The Balaban J connectivity index is 2.17. The Bertz CT molecular complexity index is 783. The smallest absolute Gasteiger partial charge is 0.269 e. The number of nitrogens with zero attached hydrogens (tertiary/aromatic N) is 3. The maximum Gasteiger partial charge on any atom is 0.269 e. The summed E-state index contributed by atoms with van der Waals surface area (Å²) in [7, 11) is -3.36. The summed E-state index contributed by atoms with van der Waals surface area (Å²) in [6.45, 7) is 0.374. The van der Waals surface area contributed by atoms with Gasteiger partial charge in [0.05, 0.1) is 11.4 Å². The van der Waals surface area contributed by atoms with Crippen molar-refractivity contribution in [2.24, 2.45) is 5.73 Å². The molecular formula is C13H14N4O3S. The molecule has 3 rings (SSSR count). The summed E-state index contributed by atoms with van der Waals surface area (Å²) >= 11 is 0. The fraction of sp³-hybridized carbons (Fsp3) is 0.231. The molecule has 1 aromatic heterocycles. The average Bonchev–Trinajstić information content (AvgIpc) is 3.02. The van der Waals surface area contributed by atoms with E-state index < -0.39 is 15.9 Å². The summed E-state index contributed by atoms with van der Waals surface area (Å²) in [4.78, 5) is 11.4. The van der Waals surface area contributed by atoms with Gasteiger partial charge in [0.1, 0.15) is 5.82 Å². The van der Waals surface area contributed by atoms with E-state index in [2.05, 4.69) is 5.10 Å². The van der Waals surface area contributed by atoms with Gasteiger partial charge in [0.2, 0.25) is 10.0 Å². The predicted molar refractivity (Wildman–Crippen MR) is 77.8 cm³/mol. The molecule has 21 heavy (non-hydrogen) atoms. The predicted octanol–water partition coefficient (Wildman–Crippen LogP) is 0.511. The number of para-hydroxylation sites is 1. The molecule has 0 bridgehead atoms. The fourth-order valence-corrected chi connectivity index (χ4v) is 3.86. The fourth-order valence-electron chi connectivity index (χ4n) is 2.33. The number of amides is 1. The molecule has 0 aliphatic carbocycles. The first kappa shape index (κ1) is 13.6. The Hall–Kier alpha value is -2.35. The van der Waals surface area contributed by atoms with Gasteiger partial charge < -0.3 is 5.73 Å². The highest BCUT2D eigenvalue weighted by Crippen LogP contribution is 2.27. The van der Waals surface area contributed by atoms with E-state index >= 15 is 0 Å². The number of nitrogens with two attached hydrogens (primary N) is 1. The van der Waals surface area contributed by atoms with Crippen molar-refractivity contribution >= 4 is 21.7 Å². The summed E-state index contributed by atoms with van der Waals surface area (Å²) in [6, 6.07) is 10.4. The first-order valence-corrected chi connectivity index (χ1v) is 8.06. The third-order valence-corrected chi connectivity index (χ3v) is 5.14. The number of hydrogen-bond acceptors (Lipinski definition) is 4. The van der Waals surface area contributed by atoms with Gasteiger partial charge in [-0.3, -0.25) is 9.10 Å². The van der Waals surface area contributed by atoms with Crippen LogP contribution >= 0.6 is 0 Å². The molecule has 2 aromatic rings. The summed E-state index contributed by atoms with van der Waals surface area (Å²) in [5, 5.41) is 4.13. The second kappa shape index (κ2) is 4.88. The second-order valence-electron chi connectivity index (χ2n) is 4.74. The zero-order valence-electron chi connectivity index (χ0n) is 11.1. The molecule has 0 unspecified atom stereocenters. The van der Waals surface area contributed by atoms with Crippen LogP contribution < -0.4 is 10.0 Å². The largest absolute Gasteiger partial charge is 0.364 e. The first-order valence-electron chi connectivity index (χ1n) is 6.45. The van der Waals surface area contributed by atoms with Crippen LogP contribution in [0.15, 0.2) is 36.4 Å². The summed E-state index contributed by atoms with van der Waals surface area (Å²) < 4.78 is 26.9. The third kappa shape index (κ3) is 2.38. The van der Waals surface area contributed by atoms with E-state index in [-0.39, 0.29) is 11.4 Å². The van der Waals surface area contributed by atoms with Gasteiger partial charge in [0, 0.05) is 12.6 Å². The monoisotopic (exact) mass is 306 g/mol. The lowest BCUT2D eigenvalue weighted by Crippen LogP contribution is -2.27.